The lowest BCUT2D eigenvalue weighted by Gasteiger charge is -2.35. The molecule has 0 spiro atoms. The van der Waals surface area contributed by atoms with E-state index < -0.39 is 0 Å². The first-order chi connectivity index (χ1) is 6.32. The van der Waals surface area contributed by atoms with Crippen molar-refractivity contribution in [3.05, 3.63) is 18.2 Å². The summed E-state index contributed by atoms with van der Waals surface area (Å²) < 4.78 is 2.07. The van der Waals surface area contributed by atoms with Crippen LogP contribution < -0.4 is 0 Å². The standard InChI is InChI=1S/C10H13N3/c1-2-13-8-12-6-9(13)10(7-11)4-3-5-10/h6,8H,2-5H2,1H3. The Kier molecular flexibility index (Phi) is 1.84. The van der Waals surface area contributed by atoms with Gasteiger partial charge in [-0.15, -0.1) is 0 Å². The Labute approximate surface area is 78.0 Å². The van der Waals surface area contributed by atoms with E-state index in [1.54, 1.807) is 0 Å². The van der Waals surface area contributed by atoms with Crippen LogP contribution in [0.4, 0.5) is 0 Å². The third kappa shape index (κ3) is 1.06. The van der Waals surface area contributed by atoms with E-state index in [2.05, 4.69) is 22.5 Å². The van der Waals surface area contributed by atoms with Gasteiger partial charge >= 0.3 is 0 Å². The number of aromatic nitrogens is 2. The molecule has 1 heterocycles. The normalized spacial score (nSPS) is 19.1. The third-order valence-corrected chi connectivity index (χ3v) is 2.96. The zero-order valence-electron chi connectivity index (χ0n) is 7.82. The molecule has 1 aromatic heterocycles. The van der Waals surface area contributed by atoms with Gasteiger partial charge in [0, 0.05) is 12.7 Å². The summed E-state index contributed by atoms with van der Waals surface area (Å²) in [7, 11) is 0. The molecule has 0 saturated heterocycles. The maximum absolute atomic E-state index is 9.14. The molecular formula is C10H13N3. The van der Waals surface area contributed by atoms with E-state index in [1.165, 1.54) is 6.42 Å². The molecule has 0 N–H and O–H groups in total. The van der Waals surface area contributed by atoms with Crippen LogP contribution in [0, 0.1) is 11.3 Å². The van der Waals surface area contributed by atoms with Crippen molar-refractivity contribution in [2.75, 3.05) is 0 Å². The Morgan fingerprint density at radius 3 is 2.92 bits per heavy atom. The van der Waals surface area contributed by atoms with Gasteiger partial charge in [0.1, 0.15) is 0 Å². The van der Waals surface area contributed by atoms with Crippen molar-refractivity contribution in [3.8, 4) is 6.07 Å². The highest BCUT2D eigenvalue weighted by molar-refractivity contribution is 5.28. The predicted molar refractivity (Wildman–Crippen MR) is 49.0 cm³/mol. The van der Waals surface area contributed by atoms with Gasteiger partial charge in [0.25, 0.3) is 0 Å². The van der Waals surface area contributed by atoms with Crippen LogP contribution in [-0.4, -0.2) is 9.55 Å². The average molecular weight is 175 g/mol. The van der Waals surface area contributed by atoms with Crippen LogP contribution in [0.3, 0.4) is 0 Å². The molecule has 0 aromatic carbocycles. The van der Waals surface area contributed by atoms with E-state index in [0.717, 1.165) is 25.1 Å². The molecule has 1 aromatic rings. The van der Waals surface area contributed by atoms with Gasteiger partial charge < -0.3 is 4.57 Å². The first-order valence-electron chi connectivity index (χ1n) is 4.74. The Balaban J connectivity index is 2.39. The second-order valence-electron chi connectivity index (χ2n) is 3.61. The molecule has 1 aliphatic carbocycles. The molecule has 3 nitrogen and oxygen atoms in total. The summed E-state index contributed by atoms with van der Waals surface area (Å²) in [6, 6.07) is 2.43. The molecule has 0 bridgehead atoms. The van der Waals surface area contributed by atoms with Gasteiger partial charge in [-0.3, -0.25) is 0 Å². The fourth-order valence-corrected chi connectivity index (χ4v) is 1.93. The monoisotopic (exact) mass is 175 g/mol. The first-order valence-corrected chi connectivity index (χ1v) is 4.74. The van der Waals surface area contributed by atoms with E-state index in [0.29, 0.717) is 0 Å². The lowest BCUT2D eigenvalue weighted by molar-refractivity contribution is 0.306. The van der Waals surface area contributed by atoms with Crippen LogP contribution in [-0.2, 0) is 12.0 Å². The lowest BCUT2D eigenvalue weighted by atomic mass is 9.68. The van der Waals surface area contributed by atoms with Crippen molar-refractivity contribution in [2.24, 2.45) is 0 Å². The number of imidazole rings is 1. The van der Waals surface area contributed by atoms with Crippen molar-refractivity contribution >= 4 is 0 Å². The Bertz CT molecular complexity index is 341. The van der Waals surface area contributed by atoms with E-state index in [-0.39, 0.29) is 5.41 Å². The summed E-state index contributed by atoms with van der Waals surface area (Å²) in [5, 5.41) is 9.14. The van der Waals surface area contributed by atoms with Crippen molar-refractivity contribution in [1.82, 2.24) is 9.55 Å². The fraction of sp³-hybridized carbons (Fsp3) is 0.600. The minimum Gasteiger partial charge on any atom is -0.333 e. The average Bonchev–Trinajstić information content (AvgIpc) is 2.52. The predicted octanol–water partition coefficient (Wildman–Crippen LogP) is 1.85. The maximum atomic E-state index is 9.14. The number of rotatable bonds is 2. The zero-order valence-corrected chi connectivity index (χ0v) is 7.82. The van der Waals surface area contributed by atoms with E-state index in [1.807, 2.05) is 12.5 Å². The second-order valence-corrected chi connectivity index (χ2v) is 3.61. The summed E-state index contributed by atoms with van der Waals surface area (Å²) in [5.41, 5.74) is 0.885. The molecule has 0 radical (unpaired) electrons. The number of aryl methyl sites for hydroxylation is 1. The zero-order chi connectivity index (χ0) is 9.31. The third-order valence-electron chi connectivity index (χ3n) is 2.96. The van der Waals surface area contributed by atoms with Crippen molar-refractivity contribution in [3.63, 3.8) is 0 Å². The van der Waals surface area contributed by atoms with Crippen LogP contribution >= 0.6 is 0 Å². The summed E-state index contributed by atoms with van der Waals surface area (Å²) in [5.74, 6) is 0. The molecule has 0 atom stereocenters. The first kappa shape index (κ1) is 8.31. The topological polar surface area (TPSA) is 41.6 Å². The molecule has 1 fully saturated rings. The van der Waals surface area contributed by atoms with Crippen molar-refractivity contribution in [1.29, 1.82) is 5.26 Å². The van der Waals surface area contributed by atoms with Gasteiger partial charge in [0.2, 0.25) is 0 Å². The maximum Gasteiger partial charge on any atom is 0.0989 e. The summed E-state index contributed by atoms with van der Waals surface area (Å²) >= 11 is 0. The summed E-state index contributed by atoms with van der Waals surface area (Å²) in [6.45, 7) is 2.98. The highest BCUT2D eigenvalue weighted by atomic mass is 15.0. The summed E-state index contributed by atoms with van der Waals surface area (Å²) in [4.78, 5) is 4.10. The largest absolute Gasteiger partial charge is 0.333 e. The molecule has 13 heavy (non-hydrogen) atoms. The lowest BCUT2D eigenvalue weighted by Crippen LogP contribution is -2.34. The van der Waals surface area contributed by atoms with Crippen LogP contribution in [0.2, 0.25) is 0 Å². The highest BCUT2D eigenvalue weighted by Gasteiger charge is 2.41. The number of nitrogens with zero attached hydrogens (tertiary/aromatic N) is 3. The molecule has 68 valence electrons. The summed E-state index contributed by atoms with van der Waals surface area (Å²) in [6.07, 6.45) is 6.81. The molecule has 1 saturated carbocycles. The minimum atomic E-state index is -0.216. The van der Waals surface area contributed by atoms with Gasteiger partial charge in [-0.05, 0) is 26.2 Å². The molecule has 2 rings (SSSR count). The van der Waals surface area contributed by atoms with Crippen molar-refractivity contribution in [2.45, 2.75) is 38.1 Å². The molecular weight excluding hydrogens is 162 g/mol. The number of hydrogen-bond donors (Lipinski definition) is 0. The van der Waals surface area contributed by atoms with Crippen LogP contribution in [0.1, 0.15) is 31.9 Å². The van der Waals surface area contributed by atoms with E-state index in [4.69, 9.17) is 5.26 Å². The van der Waals surface area contributed by atoms with Gasteiger partial charge in [0.15, 0.2) is 0 Å². The highest BCUT2D eigenvalue weighted by Crippen LogP contribution is 2.42. The Morgan fingerprint density at radius 1 is 1.69 bits per heavy atom. The molecule has 1 aliphatic rings. The van der Waals surface area contributed by atoms with Gasteiger partial charge in [-0.1, -0.05) is 0 Å². The number of nitriles is 1. The SMILES string of the molecule is CCn1cncc1C1(C#N)CCC1. The van der Waals surface area contributed by atoms with Crippen molar-refractivity contribution < 1.29 is 0 Å². The van der Waals surface area contributed by atoms with Gasteiger partial charge in [-0.2, -0.15) is 5.26 Å². The Hall–Kier alpha value is -1.30. The van der Waals surface area contributed by atoms with Crippen LogP contribution in [0.25, 0.3) is 0 Å². The van der Waals surface area contributed by atoms with Crippen LogP contribution in [0.5, 0.6) is 0 Å². The quantitative estimate of drug-likeness (QED) is 0.688. The fourth-order valence-electron chi connectivity index (χ4n) is 1.93. The van der Waals surface area contributed by atoms with E-state index >= 15 is 0 Å². The molecule has 3 heteroatoms. The molecule has 0 amide bonds. The molecule has 0 aliphatic heterocycles. The Morgan fingerprint density at radius 2 is 2.46 bits per heavy atom. The van der Waals surface area contributed by atoms with Gasteiger partial charge in [0.05, 0.1) is 23.5 Å². The van der Waals surface area contributed by atoms with E-state index in [9.17, 15) is 0 Å². The number of hydrogen-bond acceptors (Lipinski definition) is 2. The smallest absolute Gasteiger partial charge is 0.0989 e. The van der Waals surface area contributed by atoms with Crippen LogP contribution in [0.15, 0.2) is 12.5 Å². The van der Waals surface area contributed by atoms with Gasteiger partial charge in [-0.25, -0.2) is 4.98 Å². The minimum absolute atomic E-state index is 0.216. The second kappa shape index (κ2) is 2.88. The molecule has 0 unspecified atom stereocenters.